The van der Waals surface area contributed by atoms with Gasteiger partial charge < -0.3 is 19.4 Å². The van der Waals surface area contributed by atoms with Gasteiger partial charge in [-0.2, -0.15) is 0 Å². The van der Waals surface area contributed by atoms with Crippen LogP contribution < -0.4 is 25.6 Å². The summed E-state index contributed by atoms with van der Waals surface area (Å²) in [5.41, 5.74) is 9.82. The van der Waals surface area contributed by atoms with E-state index in [0.29, 0.717) is 0 Å². The van der Waals surface area contributed by atoms with E-state index < -0.39 is 0 Å². The number of hydrogen-bond donors (Lipinski definition) is 3. The first-order chi connectivity index (χ1) is 14.6. The molecule has 158 valence electrons. The molecule has 1 aliphatic rings. The lowest BCUT2D eigenvalue weighted by Gasteiger charge is -2.14. The Morgan fingerprint density at radius 1 is 1.17 bits per heavy atom. The highest BCUT2D eigenvalue weighted by Crippen LogP contribution is 2.33. The second-order valence-corrected chi connectivity index (χ2v) is 7.46. The third-order valence-electron chi connectivity index (χ3n) is 5.52. The molecule has 3 N–H and O–H groups in total. The molecular formula is C23H28N4O3. The highest BCUT2D eigenvalue weighted by atomic mass is 16.5. The zero-order valence-corrected chi connectivity index (χ0v) is 17.6. The van der Waals surface area contributed by atoms with Crippen molar-refractivity contribution in [2.45, 2.75) is 39.0 Å². The zero-order chi connectivity index (χ0) is 21.1. The number of aromatic nitrogens is 1. The monoisotopic (exact) mass is 408 g/mol. The van der Waals surface area contributed by atoms with Crippen molar-refractivity contribution in [1.29, 1.82) is 0 Å². The van der Waals surface area contributed by atoms with Gasteiger partial charge in [-0.05, 0) is 43.7 Å². The molecule has 2 unspecified atom stereocenters. The Hall–Kier alpha value is -3.03. The number of amides is 1. The molecule has 0 spiro atoms. The number of nitrogens with one attached hydrogen (secondary N) is 3. The van der Waals surface area contributed by atoms with Crippen molar-refractivity contribution in [2.75, 3.05) is 13.7 Å². The third kappa shape index (κ3) is 3.99. The van der Waals surface area contributed by atoms with Gasteiger partial charge in [0.25, 0.3) is 5.91 Å². The fraction of sp³-hybridized carbons (Fsp3) is 0.348. The summed E-state index contributed by atoms with van der Waals surface area (Å²) in [6.45, 7) is 4.93. The molecule has 1 aromatic heterocycles. The first kappa shape index (κ1) is 20.3. The Morgan fingerprint density at radius 2 is 1.97 bits per heavy atom. The normalized spacial score (nSPS) is 18.5. The molecule has 4 rings (SSSR count). The Kier molecular flexibility index (Phi) is 5.92. The number of hydrogen-bond acceptors (Lipinski definition) is 5. The van der Waals surface area contributed by atoms with Crippen molar-refractivity contribution in [3.05, 3.63) is 59.8 Å². The summed E-state index contributed by atoms with van der Waals surface area (Å²) in [7, 11) is 1.69. The Labute approximate surface area is 176 Å². The largest absolute Gasteiger partial charge is 0.496 e. The summed E-state index contributed by atoms with van der Waals surface area (Å²) < 4.78 is 13.5. The van der Waals surface area contributed by atoms with Gasteiger partial charge in [-0.15, -0.1) is 0 Å². The van der Waals surface area contributed by atoms with Gasteiger partial charge in [0.15, 0.2) is 6.61 Å². The van der Waals surface area contributed by atoms with Crippen LogP contribution in [0.25, 0.3) is 10.9 Å². The molecule has 0 radical (unpaired) electrons. The molecule has 0 bridgehead atoms. The molecule has 1 amide bonds. The predicted molar refractivity (Wildman–Crippen MR) is 116 cm³/mol. The van der Waals surface area contributed by atoms with Crippen LogP contribution in [0.5, 0.6) is 11.5 Å². The molecule has 1 fully saturated rings. The number of nitrogens with zero attached hydrogens (tertiary/aromatic N) is 1. The van der Waals surface area contributed by atoms with E-state index in [0.717, 1.165) is 46.6 Å². The van der Waals surface area contributed by atoms with Crippen molar-refractivity contribution < 1.29 is 14.3 Å². The maximum atomic E-state index is 12.3. The SMILES string of the molecule is CCn1c(C2CC(NC(=O)COc3ccccc3C)NN2)cc2c(OC)cccc21. The van der Waals surface area contributed by atoms with Gasteiger partial charge in [0, 0.05) is 24.0 Å². The van der Waals surface area contributed by atoms with Crippen LogP contribution in [-0.2, 0) is 11.3 Å². The first-order valence-electron chi connectivity index (χ1n) is 10.3. The minimum atomic E-state index is -0.173. The molecule has 7 nitrogen and oxygen atoms in total. The molecule has 2 atom stereocenters. The topological polar surface area (TPSA) is 76.6 Å². The minimum absolute atomic E-state index is 0.0138. The van der Waals surface area contributed by atoms with Gasteiger partial charge in [-0.25, -0.2) is 10.9 Å². The smallest absolute Gasteiger partial charge is 0.259 e. The van der Waals surface area contributed by atoms with E-state index in [-0.39, 0.29) is 24.7 Å². The average molecular weight is 409 g/mol. The third-order valence-corrected chi connectivity index (χ3v) is 5.52. The molecule has 0 aliphatic carbocycles. The fourth-order valence-electron chi connectivity index (χ4n) is 4.04. The number of aryl methyl sites for hydroxylation is 2. The quantitative estimate of drug-likeness (QED) is 0.560. The van der Waals surface area contributed by atoms with E-state index >= 15 is 0 Å². The second-order valence-electron chi connectivity index (χ2n) is 7.46. The van der Waals surface area contributed by atoms with Crippen molar-refractivity contribution in [1.82, 2.24) is 20.7 Å². The average Bonchev–Trinajstić information content (AvgIpc) is 3.36. The Bertz CT molecular complexity index is 1050. The summed E-state index contributed by atoms with van der Waals surface area (Å²) in [6.07, 6.45) is 0.558. The number of para-hydroxylation sites is 1. The van der Waals surface area contributed by atoms with Crippen molar-refractivity contribution in [3.8, 4) is 11.5 Å². The van der Waals surface area contributed by atoms with Gasteiger partial charge in [0.05, 0.1) is 24.8 Å². The highest BCUT2D eigenvalue weighted by Gasteiger charge is 2.29. The summed E-state index contributed by atoms with van der Waals surface area (Å²) >= 11 is 0. The first-order valence-corrected chi connectivity index (χ1v) is 10.3. The van der Waals surface area contributed by atoms with Crippen LogP contribution in [0.2, 0.25) is 0 Å². The Morgan fingerprint density at radius 3 is 2.73 bits per heavy atom. The van der Waals surface area contributed by atoms with Gasteiger partial charge in [-0.3, -0.25) is 4.79 Å². The van der Waals surface area contributed by atoms with Crippen molar-refractivity contribution >= 4 is 16.8 Å². The lowest BCUT2D eigenvalue weighted by atomic mass is 10.1. The molecule has 3 aromatic rings. The van der Waals surface area contributed by atoms with E-state index in [2.05, 4.69) is 39.8 Å². The lowest BCUT2D eigenvalue weighted by molar-refractivity contribution is -0.123. The van der Waals surface area contributed by atoms with Gasteiger partial charge in [-0.1, -0.05) is 24.3 Å². The molecule has 30 heavy (non-hydrogen) atoms. The minimum Gasteiger partial charge on any atom is -0.496 e. The lowest BCUT2D eigenvalue weighted by Crippen LogP contribution is -2.45. The zero-order valence-electron chi connectivity index (χ0n) is 17.6. The summed E-state index contributed by atoms with van der Waals surface area (Å²) in [5.74, 6) is 1.44. The van der Waals surface area contributed by atoms with E-state index in [9.17, 15) is 4.79 Å². The number of hydrazine groups is 1. The molecule has 7 heteroatoms. The predicted octanol–water partition coefficient (Wildman–Crippen LogP) is 3.04. The highest BCUT2D eigenvalue weighted by molar-refractivity contribution is 5.87. The number of fused-ring (bicyclic) bond motifs is 1. The van der Waals surface area contributed by atoms with Crippen LogP contribution >= 0.6 is 0 Å². The van der Waals surface area contributed by atoms with E-state index in [4.69, 9.17) is 9.47 Å². The van der Waals surface area contributed by atoms with Gasteiger partial charge in [0.1, 0.15) is 11.5 Å². The van der Waals surface area contributed by atoms with Crippen molar-refractivity contribution in [3.63, 3.8) is 0 Å². The van der Waals surface area contributed by atoms with Crippen LogP contribution in [0.1, 0.15) is 30.6 Å². The maximum Gasteiger partial charge on any atom is 0.259 e. The van der Waals surface area contributed by atoms with E-state index in [1.807, 2.05) is 43.3 Å². The van der Waals surface area contributed by atoms with Crippen molar-refractivity contribution in [2.24, 2.45) is 0 Å². The number of ether oxygens (including phenoxy) is 2. The molecule has 2 aromatic carbocycles. The number of carbonyl (C=O) groups excluding carboxylic acids is 1. The maximum absolute atomic E-state index is 12.3. The standard InChI is InChI=1S/C23H28N4O3/c1-4-27-18-9-7-11-21(29-3)16(18)12-19(27)17-13-22(26-25-17)24-23(28)14-30-20-10-6-5-8-15(20)2/h5-12,17,22,25-26H,4,13-14H2,1-3H3,(H,24,28). The molecule has 1 saturated heterocycles. The number of benzene rings is 2. The van der Waals surface area contributed by atoms with Gasteiger partial charge in [0.2, 0.25) is 0 Å². The van der Waals surface area contributed by atoms with Crippen LogP contribution in [0.3, 0.4) is 0 Å². The van der Waals surface area contributed by atoms with Crippen LogP contribution in [0.4, 0.5) is 0 Å². The van der Waals surface area contributed by atoms with Crippen LogP contribution in [0.15, 0.2) is 48.5 Å². The van der Waals surface area contributed by atoms with Crippen LogP contribution in [0, 0.1) is 6.92 Å². The molecule has 0 saturated carbocycles. The Balaban J connectivity index is 1.41. The molecule has 2 heterocycles. The number of rotatable bonds is 7. The van der Waals surface area contributed by atoms with E-state index in [1.165, 1.54) is 0 Å². The fourth-order valence-corrected chi connectivity index (χ4v) is 4.04. The molecular weight excluding hydrogens is 380 g/mol. The summed E-state index contributed by atoms with van der Waals surface area (Å²) in [5, 5.41) is 4.09. The number of methoxy groups -OCH3 is 1. The van der Waals surface area contributed by atoms with Crippen LogP contribution in [-0.4, -0.2) is 30.4 Å². The molecule has 1 aliphatic heterocycles. The van der Waals surface area contributed by atoms with E-state index in [1.54, 1.807) is 7.11 Å². The summed E-state index contributed by atoms with van der Waals surface area (Å²) in [6, 6.07) is 16.0. The second kappa shape index (κ2) is 8.77. The summed E-state index contributed by atoms with van der Waals surface area (Å²) in [4.78, 5) is 12.3. The number of carbonyl (C=O) groups is 1. The van der Waals surface area contributed by atoms with Gasteiger partial charge >= 0.3 is 0 Å².